The number of carbonyl (C=O) groups excluding carboxylic acids is 1. The summed E-state index contributed by atoms with van der Waals surface area (Å²) in [6.45, 7) is 1.96. The number of hydrogen-bond donors (Lipinski definition) is 1. The van der Waals surface area contributed by atoms with Gasteiger partial charge in [0.15, 0.2) is 0 Å². The van der Waals surface area contributed by atoms with E-state index in [0.29, 0.717) is 17.0 Å². The molecule has 2 aromatic carbocycles. The molecule has 0 saturated carbocycles. The van der Waals surface area contributed by atoms with E-state index < -0.39 is 0 Å². The Hall–Kier alpha value is -1.33. The summed E-state index contributed by atoms with van der Waals surface area (Å²) in [5.74, 6) is 0.442. The van der Waals surface area contributed by atoms with Gasteiger partial charge in [-0.05, 0) is 58.7 Å². The van der Waals surface area contributed by atoms with Crippen molar-refractivity contribution in [3.8, 4) is 5.75 Å². The first-order chi connectivity index (χ1) is 9.51. The van der Waals surface area contributed by atoms with E-state index in [2.05, 4.69) is 37.2 Å². The molecule has 0 bridgehead atoms. The zero-order chi connectivity index (χ0) is 14.7. The van der Waals surface area contributed by atoms with Gasteiger partial charge in [0.25, 0.3) is 5.91 Å². The molecule has 0 aliphatic heterocycles. The fraction of sp³-hybridized carbons (Fsp3) is 0.133. The average molecular weight is 399 g/mol. The summed E-state index contributed by atoms with van der Waals surface area (Å²) in [4.78, 5) is 12.3. The molecular weight excluding hydrogens is 386 g/mol. The summed E-state index contributed by atoms with van der Waals surface area (Å²) < 4.78 is 6.85. The number of hydrogen-bond acceptors (Lipinski definition) is 2. The number of halogens is 2. The second kappa shape index (κ2) is 6.41. The molecule has 20 heavy (non-hydrogen) atoms. The number of carbonyl (C=O) groups is 1. The molecule has 0 aliphatic carbocycles. The SMILES string of the molecule is COc1ccc(C)cc1NC(=O)c1cc(Br)ccc1Br. The Morgan fingerprint density at radius 1 is 1.15 bits per heavy atom. The van der Waals surface area contributed by atoms with Gasteiger partial charge in [0.2, 0.25) is 0 Å². The van der Waals surface area contributed by atoms with Crippen LogP contribution in [-0.4, -0.2) is 13.0 Å². The zero-order valence-corrected chi connectivity index (χ0v) is 14.2. The Balaban J connectivity index is 2.32. The van der Waals surface area contributed by atoms with Crippen LogP contribution in [0, 0.1) is 6.92 Å². The molecule has 0 atom stereocenters. The third-order valence-electron chi connectivity index (χ3n) is 2.78. The van der Waals surface area contributed by atoms with Crippen LogP contribution in [-0.2, 0) is 0 Å². The second-order valence-electron chi connectivity index (χ2n) is 4.28. The van der Waals surface area contributed by atoms with Crippen molar-refractivity contribution in [2.45, 2.75) is 6.92 Å². The molecule has 0 fully saturated rings. The Labute approximate surface area is 134 Å². The van der Waals surface area contributed by atoms with Gasteiger partial charge >= 0.3 is 0 Å². The average Bonchev–Trinajstić information content (AvgIpc) is 2.41. The van der Waals surface area contributed by atoms with Crippen molar-refractivity contribution in [1.82, 2.24) is 0 Å². The van der Waals surface area contributed by atoms with Gasteiger partial charge in [-0.2, -0.15) is 0 Å². The summed E-state index contributed by atoms with van der Waals surface area (Å²) in [6.07, 6.45) is 0. The highest BCUT2D eigenvalue weighted by atomic mass is 79.9. The predicted octanol–water partition coefficient (Wildman–Crippen LogP) is 4.78. The molecule has 0 aliphatic rings. The molecule has 0 spiro atoms. The number of amides is 1. The van der Waals surface area contributed by atoms with Crippen LogP contribution in [0.5, 0.6) is 5.75 Å². The van der Waals surface area contributed by atoms with E-state index in [4.69, 9.17) is 4.74 Å². The van der Waals surface area contributed by atoms with E-state index in [0.717, 1.165) is 14.5 Å². The minimum Gasteiger partial charge on any atom is -0.495 e. The normalized spacial score (nSPS) is 10.2. The number of benzene rings is 2. The highest BCUT2D eigenvalue weighted by Gasteiger charge is 2.13. The largest absolute Gasteiger partial charge is 0.495 e. The number of anilines is 1. The molecule has 0 saturated heterocycles. The molecule has 0 radical (unpaired) electrons. The van der Waals surface area contributed by atoms with E-state index in [1.54, 1.807) is 13.2 Å². The van der Waals surface area contributed by atoms with Crippen LogP contribution in [0.25, 0.3) is 0 Å². The van der Waals surface area contributed by atoms with Gasteiger partial charge in [0.1, 0.15) is 5.75 Å². The number of ether oxygens (including phenoxy) is 1. The lowest BCUT2D eigenvalue weighted by atomic mass is 10.1. The smallest absolute Gasteiger partial charge is 0.256 e. The van der Waals surface area contributed by atoms with E-state index >= 15 is 0 Å². The van der Waals surface area contributed by atoms with Crippen molar-refractivity contribution in [2.24, 2.45) is 0 Å². The Bertz CT molecular complexity index is 656. The molecular formula is C15H13Br2NO2. The monoisotopic (exact) mass is 397 g/mol. The van der Waals surface area contributed by atoms with Gasteiger partial charge in [0, 0.05) is 8.95 Å². The van der Waals surface area contributed by atoms with E-state index in [-0.39, 0.29) is 5.91 Å². The summed E-state index contributed by atoms with van der Waals surface area (Å²) in [5.41, 5.74) is 2.27. The molecule has 0 unspecified atom stereocenters. The minimum absolute atomic E-state index is 0.193. The maximum Gasteiger partial charge on any atom is 0.256 e. The number of aryl methyl sites for hydroxylation is 1. The predicted molar refractivity (Wildman–Crippen MR) is 87.5 cm³/mol. The van der Waals surface area contributed by atoms with Crippen molar-refractivity contribution in [3.63, 3.8) is 0 Å². The van der Waals surface area contributed by atoms with E-state index in [1.165, 1.54) is 0 Å². The lowest BCUT2D eigenvalue weighted by Gasteiger charge is -2.12. The molecule has 1 amide bonds. The first-order valence-electron chi connectivity index (χ1n) is 5.92. The Morgan fingerprint density at radius 2 is 1.90 bits per heavy atom. The minimum atomic E-state index is -0.193. The zero-order valence-electron chi connectivity index (χ0n) is 11.0. The van der Waals surface area contributed by atoms with Crippen LogP contribution in [0.3, 0.4) is 0 Å². The lowest BCUT2D eigenvalue weighted by Crippen LogP contribution is -2.13. The molecule has 0 aromatic heterocycles. The number of rotatable bonds is 3. The summed E-state index contributed by atoms with van der Waals surface area (Å²) in [5, 5.41) is 2.87. The van der Waals surface area contributed by atoms with Gasteiger partial charge in [0.05, 0.1) is 18.4 Å². The molecule has 104 valence electrons. The second-order valence-corrected chi connectivity index (χ2v) is 6.05. The van der Waals surface area contributed by atoms with Crippen LogP contribution >= 0.6 is 31.9 Å². The summed E-state index contributed by atoms with van der Waals surface area (Å²) >= 11 is 6.75. The van der Waals surface area contributed by atoms with Gasteiger partial charge in [-0.3, -0.25) is 4.79 Å². The van der Waals surface area contributed by atoms with Crippen LogP contribution in [0.2, 0.25) is 0 Å². The fourth-order valence-corrected chi connectivity index (χ4v) is 2.57. The standard InChI is InChI=1S/C15H13Br2NO2/c1-9-3-6-14(20-2)13(7-9)18-15(19)11-8-10(16)4-5-12(11)17/h3-8H,1-2H3,(H,18,19). The van der Waals surface area contributed by atoms with Gasteiger partial charge in [-0.25, -0.2) is 0 Å². The van der Waals surface area contributed by atoms with Crippen LogP contribution in [0.4, 0.5) is 5.69 Å². The van der Waals surface area contributed by atoms with Gasteiger partial charge in [-0.15, -0.1) is 0 Å². The summed E-state index contributed by atoms with van der Waals surface area (Å²) in [6, 6.07) is 11.1. The quantitative estimate of drug-likeness (QED) is 0.807. The third kappa shape index (κ3) is 3.41. The highest BCUT2D eigenvalue weighted by Crippen LogP contribution is 2.27. The van der Waals surface area contributed by atoms with Crippen molar-refractivity contribution in [2.75, 3.05) is 12.4 Å². The molecule has 1 N–H and O–H groups in total. The number of nitrogens with one attached hydrogen (secondary N) is 1. The lowest BCUT2D eigenvalue weighted by molar-refractivity contribution is 0.102. The molecule has 3 nitrogen and oxygen atoms in total. The Morgan fingerprint density at radius 3 is 2.60 bits per heavy atom. The van der Waals surface area contributed by atoms with Crippen LogP contribution < -0.4 is 10.1 Å². The van der Waals surface area contributed by atoms with Crippen molar-refractivity contribution >= 4 is 43.5 Å². The maximum atomic E-state index is 12.3. The number of methoxy groups -OCH3 is 1. The van der Waals surface area contributed by atoms with E-state index in [9.17, 15) is 4.79 Å². The van der Waals surface area contributed by atoms with Crippen molar-refractivity contribution in [3.05, 3.63) is 56.5 Å². The topological polar surface area (TPSA) is 38.3 Å². The van der Waals surface area contributed by atoms with E-state index in [1.807, 2.05) is 37.3 Å². The first kappa shape index (κ1) is 15.1. The van der Waals surface area contributed by atoms with Crippen LogP contribution in [0.15, 0.2) is 45.3 Å². The third-order valence-corrected chi connectivity index (χ3v) is 3.96. The maximum absolute atomic E-state index is 12.3. The molecule has 5 heteroatoms. The van der Waals surface area contributed by atoms with Crippen molar-refractivity contribution < 1.29 is 9.53 Å². The van der Waals surface area contributed by atoms with Crippen molar-refractivity contribution in [1.29, 1.82) is 0 Å². The fourth-order valence-electron chi connectivity index (χ4n) is 1.78. The highest BCUT2D eigenvalue weighted by molar-refractivity contribution is 9.11. The van der Waals surface area contributed by atoms with Gasteiger partial charge < -0.3 is 10.1 Å². The molecule has 2 aromatic rings. The van der Waals surface area contributed by atoms with Gasteiger partial charge in [-0.1, -0.05) is 22.0 Å². The first-order valence-corrected chi connectivity index (χ1v) is 7.51. The summed E-state index contributed by atoms with van der Waals surface area (Å²) in [7, 11) is 1.58. The molecule has 0 heterocycles. The Kier molecular flexibility index (Phi) is 4.83. The molecule has 2 rings (SSSR count). The van der Waals surface area contributed by atoms with Crippen LogP contribution in [0.1, 0.15) is 15.9 Å².